The molecule has 0 saturated carbocycles. The number of piperazine rings is 1. The first-order valence-corrected chi connectivity index (χ1v) is 11.6. The van der Waals surface area contributed by atoms with Gasteiger partial charge in [-0.05, 0) is 36.8 Å². The molecule has 0 radical (unpaired) electrons. The van der Waals surface area contributed by atoms with Crippen LogP contribution < -0.4 is 0 Å². The highest BCUT2D eigenvalue weighted by Crippen LogP contribution is 2.33. The van der Waals surface area contributed by atoms with E-state index in [1.54, 1.807) is 12.5 Å². The van der Waals surface area contributed by atoms with E-state index < -0.39 is 0 Å². The van der Waals surface area contributed by atoms with Gasteiger partial charge in [-0.3, -0.25) is 14.5 Å². The Morgan fingerprint density at radius 3 is 2.35 bits per heavy atom. The van der Waals surface area contributed by atoms with Crippen LogP contribution in [-0.4, -0.2) is 65.1 Å². The van der Waals surface area contributed by atoms with Crippen molar-refractivity contribution in [2.75, 3.05) is 32.7 Å². The maximum absolute atomic E-state index is 13.2. The van der Waals surface area contributed by atoms with Gasteiger partial charge >= 0.3 is 0 Å². The molecular formula is C26H28N4O4. The topological polar surface area (TPSA) is 82.5 Å². The normalized spacial score (nSPS) is 18.9. The summed E-state index contributed by atoms with van der Waals surface area (Å²) in [6.07, 6.45) is 4.15. The van der Waals surface area contributed by atoms with Gasteiger partial charge < -0.3 is 13.7 Å². The Balaban J connectivity index is 1.18. The van der Waals surface area contributed by atoms with Crippen molar-refractivity contribution in [1.82, 2.24) is 14.8 Å². The minimum absolute atomic E-state index is 0.0950. The van der Waals surface area contributed by atoms with Crippen molar-refractivity contribution in [3.8, 4) is 0 Å². The summed E-state index contributed by atoms with van der Waals surface area (Å²) in [5.74, 6) is 1.39. The summed E-state index contributed by atoms with van der Waals surface area (Å²) in [5, 5.41) is 6.10. The van der Waals surface area contributed by atoms with Gasteiger partial charge in [0.1, 0.15) is 23.3 Å². The minimum Gasteiger partial charge on any atom is -0.467 e. The number of nitrogens with zero attached hydrogens (tertiary/aromatic N) is 4. The zero-order chi connectivity index (χ0) is 23.5. The molecule has 2 aromatic heterocycles. The number of carbonyl (C=O) groups excluding carboxylic acids is 2. The summed E-state index contributed by atoms with van der Waals surface area (Å²) in [4.78, 5) is 29.9. The Labute approximate surface area is 198 Å². The monoisotopic (exact) mass is 460 g/mol. The molecule has 1 fully saturated rings. The second-order valence-electron chi connectivity index (χ2n) is 8.82. The molecule has 0 aliphatic carbocycles. The summed E-state index contributed by atoms with van der Waals surface area (Å²) < 4.78 is 11.1. The molecule has 2 aliphatic heterocycles. The number of rotatable bonds is 6. The zero-order valence-corrected chi connectivity index (χ0v) is 19.2. The van der Waals surface area contributed by atoms with Crippen LogP contribution >= 0.6 is 0 Å². The van der Waals surface area contributed by atoms with Gasteiger partial charge in [-0.25, -0.2) is 5.01 Å². The fourth-order valence-electron chi connectivity index (χ4n) is 4.45. The van der Waals surface area contributed by atoms with E-state index >= 15 is 0 Å². The number of hydrazone groups is 1. The van der Waals surface area contributed by atoms with Gasteiger partial charge in [0, 0.05) is 32.6 Å². The maximum Gasteiger partial charge on any atom is 0.257 e. The molecule has 5 rings (SSSR count). The highest BCUT2D eigenvalue weighted by Gasteiger charge is 2.36. The molecule has 2 amide bonds. The molecule has 8 heteroatoms. The van der Waals surface area contributed by atoms with Gasteiger partial charge in [0.15, 0.2) is 0 Å². The van der Waals surface area contributed by atoms with E-state index in [0.717, 1.165) is 11.3 Å². The molecule has 34 heavy (non-hydrogen) atoms. The largest absolute Gasteiger partial charge is 0.467 e. The molecule has 1 saturated heterocycles. The summed E-state index contributed by atoms with van der Waals surface area (Å²) in [7, 11) is 0. The molecule has 8 nitrogen and oxygen atoms in total. The number of aryl methyl sites for hydroxylation is 1. The molecule has 2 aliphatic rings. The van der Waals surface area contributed by atoms with Gasteiger partial charge in [0.05, 0.1) is 25.5 Å². The van der Waals surface area contributed by atoms with E-state index in [-0.39, 0.29) is 24.4 Å². The van der Waals surface area contributed by atoms with Crippen LogP contribution in [-0.2, 0) is 16.0 Å². The van der Waals surface area contributed by atoms with Crippen LogP contribution in [0.5, 0.6) is 0 Å². The summed E-state index contributed by atoms with van der Waals surface area (Å²) in [6.45, 7) is 4.81. The molecule has 4 heterocycles. The number of hydrogen-bond acceptors (Lipinski definition) is 6. The molecule has 176 valence electrons. The quantitative estimate of drug-likeness (QED) is 0.564. The lowest BCUT2D eigenvalue weighted by Gasteiger charge is -2.35. The van der Waals surface area contributed by atoms with Gasteiger partial charge in [0.2, 0.25) is 5.91 Å². The lowest BCUT2D eigenvalue weighted by atomic mass is 10.1. The second kappa shape index (κ2) is 9.69. The lowest BCUT2D eigenvalue weighted by Crippen LogP contribution is -2.51. The third kappa shape index (κ3) is 4.82. The van der Waals surface area contributed by atoms with E-state index in [4.69, 9.17) is 8.83 Å². The Bertz CT molecular complexity index is 1140. The van der Waals surface area contributed by atoms with E-state index in [0.29, 0.717) is 50.5 Å². The number of hydrogen-bond donors (Lipinski definition) is 0. The maximum atomic E-state index is 13.2. The summed E-state index contributed by atoms with van der Waals surface area (Å²) >= 11 is 0. The smallest absolute Gasteiger partial charge is 0.257 e. The van der Waals surface area contributed by atoms with E-state index in [1.165, 1.54) is 10.6 Å². The van der Waals surface area contributed by atoms with Crippen molar-refractivity contribution >= 4 is 17.5 Å². The predicted molar refractivity (Wildman–Crippen MR) is 126 cm³/mol. The van der Waals surface area contributed by atoms with Crippen LogP contribution in [0.25, 0.3) is 0 Å². The Morgan fingerprint density at radius 1 is 0.941 bits per heavy atom. The van der Waals surface area contributed by atoms with Gasteiger partial charge in [-0.2, -0.15) is 5.10 Å². The van der Waals surface area contributed by atoms with Crippen LogP contribution in [0.4, 0.5) is 0 Å². The first kappa shape index (κ1) is 22.2. The van der Waals surface area contributed by atoms with Crippen molar-refractivity contribution in [3.05, 3.63) is 83.7 Å². The fourth-order valence-corrected chi connectivity index (χ4v) is 4.45. The van der Waals surface area contributed by atoms with Crippen molar-refractivity contribution in [1.29, 1.82) is 0 Å². The second-order valence-corrected chi connectivity index (χ2v) is 8.82. The minimum atomic E-state index is -0.292. The number of amides is 2. The number of furan rings is 2. The first-order chi connectivity index (χ1) is 16.6. The van der Waals surface area contributed by atoms with Crippen molar-refractivity contribution < 1.29 is 18.4 Å². The molecule has 1 atom stereocenters. The average Bonchev–Trinajstić information content (AvgIpc) is 3.62. The Morgan fingerprint density at radius 2 is 1.68 bits per heavy atom. The van der Waals surface area contributed by atoms with Crippen LogP contribution in [0.2, 0.25) is 0 Å². The van der Waals surface area contributed by atoms with Gasteiger partial charge in [-0.1, -0.05) is 29.8 Å². The SMILES string of the molecule is Cc1ccc(CC(=O)N2CCN(CC(=O)N3N=C(c4ccco4)CC3c3ccco3)CC2)cc1. The molecule has 0 spiro atoms. The third-order valence-electron chi connectivity index (χ3n) is 6.40. The summed E-state index contributed by atoms with van der Waals surface area (Å²) in [6, 6.07) is 15.1. The van der Waals surface area contributed by atoms with Gasteiger partial charge in [-0.15, -0.1) is 0 Å². The Hall–Kier alpha value is -3.65. The van der Waals surface area contributed by atoms with E-state index in [1.807, 2.05) is 60.4 Å². The average molecular weight is 461 g/mol. The molecule has 3 aromatic rings. The molecular weight excluding hydrogens is 432 g/mol. The number of benzene rings is 1. The third-order valence-corrected chi connectivity index (χ3v) is 6.40. The first-order valence-electron chi connectivity index (χ1n) is 11.6. The van der Waals surface area contributed by atoms with Crippen molar-refractivity contribution in [2.24, 2.45) is 5.10 Å². The van der Waals surface area contributed by atoms with Crippen molar-refractivity contribution in [2.45, 2.75) is 25.8 Å². The highest BCUT2D eigenvalue weighted by atomic mass is 16.3. The lowest BCUT2D eigenvalue weighted by molar-refractivity contribution is -0.136. The van der Waals surface area contributed by atoms with E-state index in [2.05, 4.69) is 10.0 Å². The highest BCUT2D eigenvalue weighted by molar-refractivity contribution is 6.01. The van der Waals surface area contributed by atoms with E-state index in [9.17, 15) is 9.59 Å². The fraction of sp³-hybridized carbons (Fsp3) is 0.346. The zero-order valence-electron chi connectivity index (χ0n) is 19.2. The predicted octanol–water partition coefficient (Wildman–Crippen LogP) is 3.25. The molecule has 0 N–H and O–H groups in total. The van der Waals surface area contributed by atoms with Gasteiger partial charge in [0.25, 0.3) is 5.91 Å². The molecule has 1 aromatic carbocycles. The van der Waals surface area contributed by atoms with Crippen LogP contribution in [0.15, 0.2) is 75.0 Å². The van der Waals surface area contributed by atoms with Crippen molar-refractivity contribution in [3.63, 3.8) is 0 Å². The van der Waals surface area contributed by atoms with Crippen LogP contribution in [0, 0.1) is 6.92 Å². The number of carbonyl (C=O) groups is 2. The Kier molecular flexibility index (Phi) is 6.31. The standard InChI is InChI=1S/C26H28N4O4/c1-19-6-8-20(9-7-19)16-25(31)29-12-10-28(11-13-29)18-26(32)30-22(24-5-3-15-34-24)17-21(27-30)23-4-2-14-33-23/h2-9,14-15,22H,10-13,16-18H2,1H3. The van der Waals surface area contributed by atoms with Crippen LogP contribution in [0.3, 0.4) is 0 Å². The molecule has 0 bridgehead atoms. The summed E-state index contributed by atoms with van der Waals surface area (Å²) in [5.41, 5.74) is 2.94. The van der Waals surface area contributed by atoms with Crippen LogP contribution in [0.1, 0.15) is 35.1 Å². The molecule has 1 unspecified atom stereocenters.